The minimum Gasteiger partial charge on any atom is -0.384 e. The zero-order valence-electron chi connectivity index (χ0n) is 10.3. The van der Waals surface area contributed by atoms with E-state index in [2.05, 4.69) is 44.6 Å². The van der Waals surface area contributed by atoms with E-state index in [1.807, 2.05) is 18.3 Å². The molecule has 0 radical (unpaired) electrons. The molecule has 0 bridgehead atoms. The molecule has 84 valence electrons. The number of hydrogen-bond donors (Lipinski definition) is 1. The van der Waals surface area contributed by atoms with Crippen LogP contribution in [0.15, 0.2) is 18.3 Å². The van der Waals surface area contributed by atoms with Gasteiger partial charge in [-0.15, -0.1) is 0 Å². The van der Waals surface area contributed by atoms with E-state index >= 15 is 0 Å². The van der Waals surface area contributed by atoms with E-state index in [1.54, 1.807) is 0 Å². The summed E-state index contributed by atoms with van der Waals surface area (Å²) >= 11 is 0. The van der Waals surface area contributed by atoms with Gasteiger partial charge in [0.1, 0.15) is 5.82 Å². The van der Waals surface area contributed by atoms with Crippen LogP contribution in [0, 0.1) is 5.41 Å². The molecule has 1 aromatic heterocycles. The average molecular weight is 207 g/mol. The van der Waals surface area contributed by atoms with Gasteiger partial charge in [-0.3, -0.25) is 0 Å². The number of hydrogen-bond acceptors (Lipinski definition) is 3. The minimum absolute atomic E-state index is 0.246. The molecule has 0 aliphatic heterocycles. The highest BCUT2D eigenvalue weighted by Crippen LogP contribution is 2.26. The molecule has 1 unspecified atom stereocenters. The van der Waals surface area contributed by atoms with Gasteiger partial charge in [-0.1, -0.05) is 20.8 Å². The highest BCUT2D eigenvalue weighted by molar-refractivity contribution is 5.48. The predicted molar refractivity (Wildman–Crippen MR) is 66.0 cm³/mol. The van der Waals surface area contributed by atoms with Crippen molar-refractivity contribution >= 4 is 11.5 Å². The van der Waals surface area contributed by atoms with Crippen LogP contribution in [0.1, 0.15) is 27.7 Å². The molecule has 0 amide bonds. The second-order valence-corrected chi connectivity index (χ2v) is 5.09. The van der Waals surface area contributed by atoms with Gasteiger partial charge in [-0.25, -0.2) is 4.98 Å². The Bertz CT molecular complexity index is 311. The SMILES string of the molecule is CC(N(C)c1ccc(N)nc1)C(C)(C)C. The van der Waals surface area contributed by atoms with Crippen LogP contribution in [0.3, 0.4) is 0 Å². The highest BCUT2D eigenvalue weighted by atomic mass is 15.1. The number of nitrogens with two attached hydrogens (primary N) is 1. The van der Waals surface area contributed by atoms with E-state index in [-0.39, 0.29) is 5.41 Å². The molecule has 0 aromatic carbocycles. The lowest BCUT2D eigenvalue weighted by atomic mass is 9.87. The lowest BCUT2D eigenvalue weighted by Gasteiger charge is -2.36. The van der Waals surface area contributed by atoms with Crippen LogP contribution in [-0.4, -0.2) is 18.1 Å². The Morgan fingerprint density at radius 1 is 1.33 bits per heavy atom. The third-order valence-electron chi connectivity index (χ3n) is 3.01. The molecule has 3 nitrogen and oxygen atoms in total. The molecule has 0 spiro atoms. The minimum atomic E-state index is 0.246. The van der Waals surface area contributed by atoms with Crippen molar-refractivity contribution in [3.05, 3.63) is 18.3 Å². The van der Waals surface area contributed by atoms with Gasteiger partial charge in [0.25, 0.3) is 0 Å². The maximum atomic E-state index is 5.56. The quantitative estimate of drug-likeness (QED) is 0.810. The highest BCUT2D eigenvalue weighted by Gasteiger charge is 2.24. The number of rotatable bonds is 2. The third-order valence-corrected chi connectivity index (χ3v) is 3.01. The van der Waals surface area contributed by atoms with E-state index in [0.29, 0.717) is 11.9 Å². The molecule has 0 fully saturated rings. The summed E-state index contributed by atoms with van der Waals surface area (Å²) in [6, 6.07) is 4.29. The maximum absolute atomic E-state index is 5.56. The summed E-state index contributed by atoms with van der Waals surface area (Å²) in [4.78, 5) is 6.33. The van der Waals surface area contributed by atoms with Crippen molar-refractivity contribution in [3.8, 4) is 0 Å². The summed E-state index contributed by atoms with van der Waals surface area (Å²) in [5.74, 6) is 0.565. The second-order valence-electron chi connectivity index (χ2n) is 5.09. The Labute approximate surface area is 92.3 Å². The number of aromatic nitrogens is 1. The van der Waals surface area contributed by atoms with Gasteiger partial charge < -0.3 is 10.6 Å². The Morgan fingerprint density at radius 2 is 1.93 bits per heavy atom. The van der Waals surface area contributed by atoms with E-state index in [0.717, 1.165) is 5.69 Å². The van der Waals surface area contributed by atoms with Crippen LogP contribution in [0.25, 0.3) is 0 Å². The van der Waals surface area contributed by atoms with Gasteiger partial charge in [0.2, 0.25) is 0 Å². The van der Waals surface area contributed by atoms with Gasteiger partial charge in [-0.05, 0) is 24.5 Å². The predicted octanol–water partition coefficient (Wildman–Crippen LogP) is 2.53. The number of nitrogens with zero attached hydrogens (tertiary/aromatic N) is 2. The number of anilines is 2. The monoisotopic (exact) mass is 207 g/mol. The summed E-state index contributed by atoms with van der Waals surface area (Å²) < 4.78 is 0. The zero-order valence-corrected chi connectivity index (χ0v) is 10.3. The van der Waals surface area contributed by atoms with Gasteiger partial charge in [0.15, 0.2) is 0 Å². The Morgan fingerprint density at radius 3 is 2.33 bits per heavy atom. The molecule has 1 aromatic rings. The molecule has 3 heteroatoms. The van der Waals surface area contributed by atoms with Gasteiger partial charge in [0.05, 0.1) is 11.9 Å². The standard InChI is InChI=1S/C12H21N3/c1-9(12(2,3)4)15(5)10-6-7-11(13)14-8-10/h6-9H,1-5H3,(H2,13,14). The number of pyridine rings is 1. The lowest BCUT2D eigenvalue weighted by Crippen LogP contribution is -2.39. The first-order valence-electron chi connectivity index (χ1n) is 5.26. The Kier molecular flexibility index (Phi) is 3.22. The summed E-state index contributed by atoms with van der Waals surface area (Å²) in [5, 5.41) is 0. The van der Waals surface area contributed by atoms with Crippen molar-refractivity contribution in [2.75, 3.05) is 17.7 Å². The molecule has 2 N–H and O–H groups in total. The summed E-state index contributed by atoms with van der Waals surface area (Å²) in [7, 11) is 2.09. The molecule has 0 aliphatic carbocycles. The first-order valence-corrected chi connectivity index (χ1v) is 5.26. The van der Waals surface area contributed by atoms with Crippen LogP contribution >= 0.6 is 0 Å². The first-order chi connectivity index (χ1) is 6.82. The molecule has 0 saturated heterocycles. The number of nitrogen functional groups attached to an aromatic ring is 1. The van der Waals surface area contributed by atoms with Gasteiger partial charge in [-0.2, -0.15) is 0 Å². The Hall–Kier alpha value is -1.25. The van der Waals surface area contributed by atoms with Crippen LogP contribution in [0.5, 0.6) is 0 Å². The fourth-order valence-electron chi connectivity index (χ4n) is 1.41. The van der Waals surface area contributed by atoms with Crippen LogP contribution < -0.4 is 10.6 Å². The van der Waals surface area contributed by atoms with Crippen LogP contribution in [0.2, 0.25) is 0 Å². The van der Waals surface area contributed by atoms with E-state index in [4.69, 9.17) is 5.73 Å². The molecule has 15 heavy (non-hydrogen) atoms. The first kappa shape index (κ1) is 11.8. The second kappa shape index (κ2) is 4.09. The van der Waals surface area contributed by atoms with Crippen LogP contribution in [0.4, 0.5) is 11.5 Å². The molecule has 0 saturated carbocycles. The summed E-state index contributed by atoms with van der Waals surface area (Å²) in [5.41, 5.74) is 6.91. The van der Waals surface area contributed by atoms with E-state index in [1.165, 1.54) is 0 Å². The smallest absolute Gasteiger partial charge is 0.123 e. The summed E-state index contributed by atoms with van der Waals surface area (Å²) in [6.07, 6.45) is 1.82. The fraction of sp³-hybridized carbons (Fsp3) is 0.583. The third kappa shape index (κ3) is 2.85. The van der Waals surface area contributed by atoms with Crippen molar-refractivity contribution < 1.29 is 0 Å². The van der Waals surface area contributed by atoms with E-state index < -0.39 is 0 Å². The van der Waals surface area contributed by atoms with Gasteiger partial charge in [0, 0.05) is 13.1 Å². The molecular formula is C12H21N3. The van der Waals surface area contributed by atoms with Crippen molar-refractivity contribution in [1.29, 1.82) is 0 Å². The molecule has 1 heterocycles. The zero-order chi connectivity index (χ0) is 11.6. The average Bonchev–Trinajstić information content (AvgIpc) is 2.15. The Balaban J connectivity index is 2.85. The topological polar surface area (TPSA) is 42.1 Å². The normalized spacial score (nSPS) is 13.7. The van der Waals surface area contributed by atoms with Crippen molar-refractivity contribution in [2.24, 2.45) is 5.41 Å². The van der Waals surface area contributed by atoms with Crippen molar-refractivity contribution in [1.82, 2.24) is 4.98 Å². The molecular weight excluding hydrogens is 186 g/mol. The van der Waals surface area contributed by atoms with Crippen LogP contribution in [-0.2, 0) is 0 Å². The fourth-order valence-corrected chi connectivity index (χ4v) is 1.41. The van der Waals surface area contributed by atoms with Crippen molar-refractivity contribution in [3.63, 3.8) is 0 Å². The molecule has 1 rings (SSSR count). The molecule has 0 aliphatic rings. The maximum Gasteiger partial charge on any atom is 0.123 e. The summed E-state index contributed by atoms with van der Waals surface area (Å²) in [6.45, 7) is 8.92. The van der Waals surface area contributed by atoms with E-state index in [9.17, 15) is 0 Å². The largest absolute Gasteiger partial charge is 0.384 e. The molecule has 1 atom stereocenters. The van der Waals surface area contributed by atoms with Gasteiger partial charge >= 0.3 is 0 Å². The van der Waals surface area contributed by atoms with Crippen molar-refractivity contribution in [2.45, 2.75) is 33.7 Å². The lowest BCUT2D eigenvalue weighted by molar-refractivity contribution is 0.329.